The second-order valence-electron chi connectivity index (χ2n) is 29.1. The summed E-state index contributed by atoms with van der Waals surface area (Å²) in [5, 5.41) is 18.7. The highest BCUT2D eigenvalue weighted by atomic mass is 32.2. The van der Waals surface area contributed by atoms with Crippen LogP contribution in [0.1, 0.15) is 0 Å². The van der Waals surface area contributed by atoms with Gasteiger partial charge in [-0.15, -0.1) is 0 Å². The van der Waals surface area contributed by atoms with E-state index in [1.54, 1.807) is 23.5 Å². The van der Waals surface area contributed by atoms with E-state index in [1.807, 2.05) is 0 Å². The molecular formula is C100H56N8S2. The van der Waals surface area contributed by atoms with Gasteiger partial charge in [0.2, 0.25) is 11.9 Å². The zero-order valence-corrected chi connectivity index (χ0v) is 60.4. The molecule has 2 aliphatic heterocycles. The van der Waals surface area contributed by atoms with Gasteiger partial charge in [-0.05, 0) is 188 Å². The topological polar surface area (TPSA) is 71.3 Å². The Kier molecular flexibility index (Phi) is 12.5. The average Bonchev–Trinajstić information content (AvgIpc) is 1.53. The second kappa shape index (κ2) is 22.8. The first-order valence-electron chi connectivity index (χ1n) is 37.3. The highest BCUT2D eigenvalue weighted by Crippen LogP contribution is 2.52. The summed E-state index contributed by atoms with van der Waals surface area (Å²) in [6.07, 6.45) is 0. The van der Waals surface area contributed by atoms with Crippen molar-refractivity contribution in [2.75, 3.05) is 0 Å². The van der Waals surface area contributed by atoms with Crippen LogP contribution >= 0.6 is 23.5 Å². The van der Waals surface area contributed by atoms with Crippen LogP contribution in [-0.2, 0) is 0 Å². The molecule has 0 amide bonds. The third kappa shape index (κ3) is 8.59. The van der Waals surface area contributed by atoms with E-state index in [4.69, 9.17) is 19.9 Å². The van der Waals surface area contributed by atoms with Crippen molar-refractivity contribution < 1.29 is 0 Å². The Morgan fingerprint density at radius 3 is 1.28 bits per heavy atom. The molecule has 2 aliphatic rings. The van der Waals surface area contributed by atoms with Crippen LogP contribution in [0.25, 0.3) is 221 Å². The predicted octanol–water partition coefficient (Wildman–Crippen LogP) is 26.7. The van der Waals surface area contributed by atoms with Crippen LogP contribution in [0.3, 0.4) is 0 Å². The molecular weight excluding hydrogens is 1380 g/mol. The molecule has 17 aromatic carbocycles. The predicted molar refractivity (Wildman–Crippen MR) is 458 cm³/mol. The largest absolute Gasteiger partial charge is 0.309 e. The maximum atomic E-state index is 5.65. The van der Waals surface area contributed by atoms with E-state index < -0.39 is 0 Å². The molecule has 0 unspecified atom stereocenters. The number of para-hydroxylation sites is 2. The van der Waals surface area contributed by atoms with Crippen LogP contribution < -0.4 is 0 Å². The smallest absolute Gasteiger partial charge is 0.235 e. The molecule has 0 saturated heterocycles. The number of fused-ring (bicyclic) bond motifs is 21. The monoisotopic (exact) mass is 1430 g/mol. The number of hydrogen-bond acceptors (Lipinski definition) is 6. The molecule has 0 bridgehead atoms. The van der Waals surface area contributed by atoms with E-state index in [9.17, 15) is 0 Å². The Bertz CT molecular complexity index is 8050. The van der Waals surface area contributed by atoms with Crippen LogP contribution in [0.2, 0.25) is 0 Å². The lowest BCUT2D eigenvalue weighted by atomic mass is 9.94. The van der Waals surface area contributed by atoms with E-state index in [0.717, 1.165) is 143 Å². The Morgan fingerprint density at radius 2 is 0.636 bits per heavy atom. The van der Waals surface area contributed by atoms with Gasteiger partial charge in [-0.2, -0.15) is 0 Å². The second-order valence-corrected chi connectivity index (χ2v) is 31.3. The zero-order chi connectivity index (χ0) is 71.6. The van der Waals surface area contributed by atoms with Gasteiger partial charge in [0, 0.05) is 95.6 Å². The molecule has 110 heavy (non-hydrogen) atoms. The van der Waals surface area contributed by atoms with Crippen LogP contribution in [-0.4, -0.2) is 38.2 Å². The van der Waals surface area contributed by atoms with Gasteiger partial charge in [0.1, 0.15) is 0 Å². The summed E-state index contributed by atoms with van der Waals surface area (Å²) >= 11 is 3.59. The molecule has 0 fully saturated rings. The van der Waals surface area contributed by atoms with E-state index >= 15 is 0 Å². The first-order valence-corrected chi connectivity index (χ1v) is 39.0. The first kappa shape index (κ1) is 60.3. The van der Waals surface area contributed by atoms with Crippen molar-refractivity contribution in [3.05, 3.63) is 340 Å². The van der Waals surface area contributed by atoms with Crippen LogP contribution in [0.4, 0.5) is 0 Å². The molecule has 0 atom stereocenters. The normalized spacial score (nSPS) is 12.7. The molecule has 23 aromatic rings. The zero-order valence-electron chi connectivity index (χ0n) is 58.7. The third-order valence-electron chi connectivity index (χ3n) is 23.4. The molecule has 6 aromatic heterocycles. The number of benzene rings is 17. The fourth-order valence-electron chi connectivity index (χ4n) is 18.5. The van der Waals surface area contributed by atoms with Crippen molar-refractivity contribution in [2.45, 2.75) is 19.6 Å². The summed E-state index contributed by atoms with van der Waals surface area (Å²) < 4.78 is 9.50. The van der Waals surface area contributed by atoms with Crippen molar-refractivity contribution in [1.82, 2.24) is 38.2 Å². The van der Waals surface area contributed by atoms with Gasteiger partial charge in [0.25, 0.3) is 0 Å². The number of rotatable bonds is 7. The van der Waals surface area contributed by atoms with Crippen LogP contribution in [0.15, 0.2) is 359 Å². The molecule has 25 rings (SSSR count). The quantitative estimate of drug-likeness (QED) is 0.158. The summed E-state index contributed by atoms with van der Waals surface area (Å²) in [4.78, 5) is 26.9. The minimum atomic E-state index is 0.641. The summed E-state index contributed by atoms with van der Waals surface area (Å²) in [6, 6.07) is 125. The molecule has 0 radical (unpaired) electrons. The summed E-state index contributed by atoms with van der Waals surface area (Å²) in [5.74, 6) is 1.30. The van der Waals surface area contributed by atoms with Gasteiger partial charge in [0.05, 0.1) is 72.2 Å². The number of aromatic nitrogens is 8. The van der Waals surface area contributed by atoms with E-state index in [0.29, 0.717) is 11.9 Å². The van der Waals surface area contributed by atoms with Crippen molar-refractivity contribution in [3.63, 3.8) is 0 Å². The van der Waals surface area contributed by atoms with Crippen molar-refractivity contribution in [3.8, 4) is 79.2 Å². The molecule has 8 heterocycles. The number of nitrogens with zero attached hydrogens (tertiary/aromatic N) is 8. The fourth-order valence-corrected chi connectivity index (χ4v) is 20.7. The molecule has 8 nitrogen and oxygen atoms in total. The van der Waals surface area contributed by atoms with Gasteiger partial charge in [-0.3, -0.25) is 9.13 Å². The Hall–Kier alpha value is -13.9. The van der Waals surface area contributed by atoms with Gasteiger partial charge in [-0.1, -0.05) is 236 Å². The lowest BCUT2D eigenvalue weighted by Crippen LogP contribution is -2.05. The molecule has 0 N–H and O–H groups in total. The molecule has 0 spiro atoms. The van der Waals surface area contributed by atoms with E-state index in [-0.39, 0.29) is 0 Å². The Balaban J connectivity index is 0.667. The highest BCUT2D eigenvalue weighted by Gasteiger charge is 2.29. The molecule has 0 aliphatic carbocycles. The van der Waals surface area contributed by atoms with Crippen molar-refractivity contribution in [1.29, 1.82) is 0 Å². The van der Waals surface area contributed by atoms with Crippen LogP contribution in [0.5, 0.6) is 0 Å². The standard InChI is InChI=1S/C100H56N8S2/c1-2-21-64(22-3-1)105-82-46-40-59(61-42-48-84-76(54-61)93-67-24-7-5-19-58(67)39-50-86(93)107(84)99-101-78-30-16-36-91-95(78)97(103-99)72-26-9-12-34-89(72)109-91)53-75(82)70-44-38-63(56-88(70)105)65-28-15-29-71-68(65)45-51-87-94(71)77-55-62(43-49-85(77)108(87)100-102-79-31-17-37-92-96(79)98(104-100)73-27-10-13-35-90(73)110-92)60-41-47-83-74(52-60)69-25-8-11-32-81(69)106(83)80-33-14-20-57-18-4-6-23-66(57)80/h1-56H. The van der Waals surface area contributed by atoms with Crippen molar-refractivity contribution >= 4 is 165 Å². The molecule has 0 saturated carbocycles. The molecule has 508 valence electrons. The lowest BCUT2D eigenvalue weighted by molar-refractivity contribution is 1.01. The van der Waals surface area contributed by atoms with E-state index in [2.05, 4.69) is 358 Å². The van der Waals surface area contributed by atoms with Crippen molar-refractivity contribution in [2.24, 2.45) is 0 Å². The van der Waals surface area contributed by atoms with Gasteiger partial charge in [-0.25, -0.2) is 19.9 Å². The minimum Gasteiger partial charge on any atom is -0.309 e. The SMILES string of the molecule is c1ccc(-n2c3ccc(-c4ccc5c(c4)c4c6ccccc6ccc4n5-c4nc5c6c(cccc6n4)Sc4ccccc4-5)cc3c3ccc(-c4cccc5c4ccc4c5c5cc(-c6ccc7c(c6)c6ccccc6n7-c6cccc7ccccc67)ccc5n4-c4nc5c6c(cccc6n4)Sc4ccccc4-5)cc32)cc1. The first-order chi connectivity index (χ1) is 54.5. The maximum Gasteiger partial charge on any atom is 0.235 e. The molecule has 10 heteroatoms. The van der Waals surface area contributed by atoms with Crippen LogP contribution in [0, 0.1) is 0 Å². The third-order valence-corrected chi connectivity index (χ3v) is 25.6. The summed E-state index contributed by atoms with van der Waals surface area (Å²) in [6.45, 7) is 0. The summed E-state index contributed by atoms with van der Waals surface area (Å²) in [5.41, 5.74) is 23.9. The maximum absolute atomic E-state index is 5.65. The lowest BCUT2D eigenvalue weighted by Gasteiger charge is -2.20. The highest BCUT2D eigenvalue weighted by molar-refractivity contribution is 8.00. The Morgan fingerprint density at radius 1 is 0.209 bits per heavy atom. The Labute approximate surface area is 637 Å². The van der Waals surface area contributed by atoms with Gasteiger partial charge in [0.15, 0.2) is 0 Å². The van der Waals surface area contributed by atoms with Gasteiger partial charge < -0.3 is 9.13 Å². The van der Waals surface area contributed by atoms with Gasteiger partial charge >= 0.3 is 0 Å². The average molecular weight is 1430 g/mol. The minimum absolute atomic E-state index is 0.641. The van der Waals surface area contributed by atoms with E-state index in [1.165, 1.54) is 84.8 Å². The number of hydrogen-bond donors (Lipinski definition) is 0. The fraction of sp³-hybridized carbons (Fsp3) is 0. The summed E-state index contributed by atoms with van der Waals surface area (Å²) in [7, 11) is 0.